The van der Waals surface area contributed by atoms with Crippen LogP contribution in [0.2, 0.25) is 0 Å². The Labute approximate surface area is 120 Å². The van der Waals surface area contributed by atoms with E-state index in [0.29, 0.717) is 22.7 Å². The average Bonchev–Trinajstić information content (AvgIpc) is 2.37. The molecule has 1 aliphatic heterocycles. The summed E-state index contributed by atoms with van der Waals surface area (Å²) in [6.07, 6.45) is 3.89. The summed E-state index contributed by atoms with van der Waals surface area (Å²) in [5.74, 6) is 0.435. The lowest BCUT2D eigenvalue weighted by molar-refractivity contribution is 0.0696. The molecule has 0 saturated carbocycles. The minimum atomic E-state index is -0.886. The number of pyridine rings is 1. The number of hydrogen-bond acceptors (Lipinski definition) is 3. The Hall–Kier alpha value is -1.58. The summed E-state index contributed by atoms with van der Waals surface area (Å²) in [4.78, 5) is 17.9. The zero-order valence-corrected chi connectivity index (χ0v) is 12.8. The summed E-state index contributed by atoms with van der Waals surface area (Å²) in [5, 5.41) is 9.39. The van der Waals surface area contributed by atoms with Gasteiger partial charge in [-0.1, -0.05) is 20.8 Å². The maximum absolute atomic E-state index is 11.4. The molecule has 1 aromatic rings. The van der Waals surface area contributed by atoms with Crippen molar-refractivity contribution in [3.05, 3.63) is 23.4 Å². The van der Waals surface area contributed by atoms with Gasteiger partial charge in [-0.3, -0.25) is 0 Å². The lowest BCUT2D eigenvalue weighted by atomic mass is 9.75. The van der Waals surface area contributed by atoms with Crippen molar-refractivity contribution in [1.82, 2.24) is 4.98 Å². The van der Waals surface area contributed by atoms with Gasteiger partial charge in [0.1, 0.15) is 11.4 Å². The third-order valence-corrected chi connectivity index (χ3v) is 4.37. The quantitative estimate of drug-likeness (QED) is 0.900. The van der Waals surface area contributed by atoms with Gasteiger partial charge in [0.25, 0.3) is 0 Å². The van der Waals surface area contributed by atoms with Crippen molar-refractivity contribution in [2.24, 2.45) is 11.3 Å². The third kappa shape index (κ3) is 2.94. The molecule has 2 rings (SSSR count). The summed E-state index contributed by atoms with van der Waals surface area (Å²) in [6, 6.07) is 1.76. The van der Waals surface area contributed by atoms with Gasteiger partial charge in [0, 0.05) is 19.3 Å². The minimum absolute atomic E-state index is 0.321. The molecule has 1 aliphatic rings. The Morgan fingerprint density at radius 2 is 1.95 bits per heavy atom. The van der Waals surface area contributed by atoms with E-state index in [9.17, 15) is 9.90 Å². The van der Waals surface area contributed by atoms with E-state index in [0.717, 1.165) is 31.5 Å². The highest BCUT2D eigenvalue weighted by Crippen LogP contribution is 2.36. The number of aryl methyl sites for hydroxylation is 1. The lowest BCUT2D eigenvalue weighted by Gasteiger charge is -2.39. The van der Waals surface area contributed by atoms with Crippen molar-refractivity contribution in [3.8, 4) is 0 Å². The second-order valence-electron chi connectivity index (χ2n) is 6.76. The van der Waals surface area contributed by atoms with Crippen LogP contribution in [0.5, 0.6) is 0 Å². The van der Waals surface area contributed by atoms with Gasteiger partial charge >= 0.3 is 5.97 Å². The Morgan fingerprint density at radius 3 is 2.45 bits per heavy atom. The van der Waals surface area contributed by atoms with Gasteiger partial charge in [-0.15, -0.1) is 0 Å². The van der Waals surface area contributed by atoms with Crippen molar-refractivity contribution >= 4 is 11.8 Å². The molecule has 1 saturated heterocycles. The number of aromatic carboxylic acids is 1. The van der Waals surface area contributed by atoms with Crippen LogP contribution in [0.15, 0.2) is 12.3 Å². The number of nitrogens with zero attached hydrogens (tertiary/aromatic N) is 2. The standard InChI is InChI=1S/C16H24N2O2/c1-11-5-8-17-14(13(11)15(19)20)18-9-6-12(7-10-18)16(2,3)4/h5,8,12H,6-7,9-10H2,1-4H3,(H,19,20). The van der Waals surface area contributed by atoms with Crippen LogP contribution in [-0.4, -0.2) is 29.1 Å². The number of carboxylic acid groups (broad SMARTS) is 1. The first kappa shape index (κ1) is 14.8. The Balaban J connectivity index is 2.19. The molecule has 0 amide bonds. The van der Waals surface area contributed by atoms with Gasteiger partial charge in [-0.25, -0.2) is 9.78 Å². The van der Waals surface area contributed by atoms with Crippen LogP contribution in [0.25, 0.3) is 0 Å². The van der Waals surface area contributed by atoms with E-state index in [2.05, 4.69) is 30.7 Å². The molecule has 0 aliphatic carbocycles. The smallest absolute Gasteiger partial charge is 0.339 e. The van der Waals surface area contributed by atoms with Crippen LogP contribution >= 0.6 is 0 Å². The molecule has 0 bridgehead atoms. The fourth-order valence-corrected chi connectivity index (χ4v) is 3.01. The van der Waals surface area contributed by atoms with Crippen LogP contribution in [0.3, 0.4) is 0 Å². The van der Waals surface area contributed by atoms with Gasteiger partial charge in [0.15, 0.2) is 0 Å². The average molecular weight is 276 g/mol. The molecule has 0 atom stereocenters. The molecule has 0 unspecified atom stereocenters. The van der Waals surface area contributed by atoms with Crippen molar-refractivity contribution in [1.29, 1.82) is 0 Å². The molecule has 1 fully saturated rings. The number of anilines is 1. The normalized spacial score (nSPS) is 17.3. The second kappa shape index (κ2) is 5.43. The van der Waals surface area contributed by atoms with Gasteiger partial charge in [0.2, 0.25) is 0 Å². The van der Waals surface area contributed by atoms with Crippen molar-refractivity contribution < 1.29 is 9.90 Å². The number of hydrogen-bond donors (Lipinski definition) is 1. The maximum Gasteiger partial charge on any atom is 0.339 e. The van der Waals surface area contributed by atoms with Crippen LogP contribution < -0.4 is 4.90 Å². The number of carboxylic acids is 1. The molecule has 0 radical (unpaired) electrons. The van der Waals surface area contributed by atoms with E-state index >= 15 is 0 Å². The minimum Gasteiger partial charge on any atom is -0.478 e. The van der Waals surface area contributed by atoms with Crippen molar-refractivity contribution in [3.63, 3.8) is 0 Å². The Kier molecular flexibility index (Phi) is 4.02. The molecule has 1 N–H and O–H groups in total. The molecular weight excluding hydrogens is 252 g/mol. The van der Waals surface area contributed by atoms with E-state index in [1.807, 2.05) is 6.92 Å². The summed E-state index contributed by atoms with van der Waals surface area (Å²) in [7, 11) is 0. The highest BCUT2D eigenvalue weighted by atomic mass is 16.4. The summed E-state index contributed by atoms with van der Waals surface area (Å²) >= 11 is 0. The largest absolute Gasteiger partial charge is 0.478 e. The fourth-order valence-electron chi connectivity index (χ4n) is 3.01. The van der Waals surface area contributed by atoms with E-state index in [1.165, 1.54) is 0 Å². The Morgan fingerprint density at radius 1 is 1.35 bits per heavy atom. The predicted molar refractivity (Wildman–Crippen MR) is 80.3 cm³/mol. The number of carbonyl (C=O) groups is 1. The summed E-state index contributed by atoms with van der Waals surface area (Å²) in [6.45, 7) is 10.4. The van der Waals surface area contributed by atoms with Gasteiger partial charge in [-0.05, 0) is 42.7 Å². The molecule has 4 nitrogen and oxygen atoms in total. The first-order valence-electron chi connectivity index (χ1n) is 7.24. The molecule has 4 heteroatoms. The monoisotopic (exact) mass is 276 g/mol. The zero-order chi connectivity index (χ0) is 14.9. The molecule has 0 aromatic carbocycles. The molecule has 20 heavy (non-hydrogen) atoms. The van der Waals surface area contributed by atoms with Crippen LogP contribution in [0.4, 0.5) is 5.82 Å². The predicted octanol–water partition coefficient (Wildman–Crippen LogP) is 3.35. The summed E-state index contributed by atoms with van der Waals surface area (Å²) < 4.78 is 0. The van der Waals surface area contributed by atoms with Crippen LogP contribution in [-0.2, 0) is 0 Å². The van der Waals surface area contributed by atoms with Gasteiger partial charge in [0.05, 0.1) is 0 Å². The number of rotatable bonds is 2. The zero-order valence-electron chi connectivity index (χ0n) is 12.8. The molecular formula is C16H24N2O2. The summed E-state index contributed by atoms with van der Waals surface area (Å²) in [5.41, 5.74) is 1.45. The first-order valence-corrected chi connectivity index (χ1v) is 7.24. The molecule has 110 valence electrons. The first-order chi connectivity index (χ1) is 9.30. The highest BCUT2D eigenvalue weighted by molar-refractivity contribution is 5.95. The molecule has 2 heterocycles. The molecule has 1 aromatic heterocycles. The molecule has 0 spiro atoms. The maximum atomic E-state index is 11.4. The van der Waals surface area contributed by atoms with Gasteiger partial charge < -0.3 is 10.0 Å². The lowest BCUT2D eigenvalue weighted by Crippen LogP contribution is -2.39. The SMILES string of the molecule is Cc1ccnc(N2CCC(C(C)(C)C)CC2)c1C(=O)O. The van der Waals surface area contributed by atoms with Gasteiger partial charge in [-0.2, -0.15) is 0 Å². The van der Waals surface area contributed by atoms with E-state index < -0.39 is 5.97 Å². The Bertz CT molecular complexity index is 498. The second-order valence-corrected chi connectivity index (χ2v) is 6.76. The number of piperidine rings is 1. The highest BCUT2D eigenvalue weighted by Gasteiger charge is 2.30. The fraction of sp³-hybridized carbons (Fsp3) is 0.625. The number of aromatic nitrogens is 1. The third-order valence-electron chi connectivity index (χ3n) is 4.37. The van der Waals surface area contributed by atoms with Crippen molar-refractivity contribution in [2.75, 3.05) is 18.0 Å². The van der Waals surface area contributed by atoms with E-state index in [-0.39, 0.29) is 0 Å². The van der Waals surface area contributed by atoms with Crippen LogP contribution in [0, 0.1) is 18.3 Å². The van der Waals surface area contributed by atoms with Crippen molar-refractivity contribution in [2.45, 2.75) is 40.5 Å². The van der Waals surface area contributed by atoms with E-state index in [4.69, 9.17) is 0 Å². The topological polar surface area (TPSA) is 53.4 Å². The van der Waals surface area contributed by atoms with E-state index in [1.54, 1.807) is 12.3 Å². The van der Waals surface area contributed by atoms with Crippen LogP contribution in [0.1, 0.15) is 49.5 Å².